The second-order valence-corrected chi connectivity index (χ2v) is 12.6. The van der Waals surface area contributed by atoms with Gasteiger partial charge in [0.15, 0.2) is 11.5 Å². The first kappa shape index (κ1) is 39.2. The van der Waals surface area contributed by atoms with Gasteiger partial charge in [0.05, 0.1) is 0 Å². The molecule has 4 nitrogen and oxygen atoms in total. The molecule has 0 unspecified atom stereocenters. The summed E-state index contributed by atoms with van der Waals surface area (Å²) < 4.78 is 11.1. The van der Waals surface area contributed by atoms with Gasteiger partial charge in [-0.2, -0.15) is 0 Å². The van der Waals surface area contributed by atoms with Crippen molar-refractivity contribution in [1.82, 2.24) is 0 Å². The molecule has 0 saturated heterocycles. The topological polar surface area (TPSA) is 52.6 Å². The van der Waals surface area contributed by atoms with Crippen molar-refractivity contribution < 1.29 is 19.1 Å². The summed E-state index contributed by atoms with van der Waals surface area (Å²) in [6.45, 7) is 10.4. The predicted octanol–water partition coefficient (Wildman–Crippen LogP) is 12.5. The van der Waals surface area contributed by atoms with Crippen LogP contribution in [0.5, 0.6) is 11.5 Å². The van der Waals surface area contributed by atoms with Crippen LogP contribution >= 0.6 is 0 Å². The number of unbranched alkanes of at least 4 members (excludes halogenated alkanes) is 24. The number of rotatable bonds is 30. The lowest BCUT2D eigenvalue weighted by Crippen LogP contribution is -2.12. The van der Waals surface area contributed by atoms with E-state index in [1.807, 2.05) is 0 Å². The lowest BCUT2D eigenvalue weighted by Gasteiger charge is -2.11. The van der Waals surface area contributed by atoms with E-state index in [2.05, 4.69) is 13.8 Å². The van der Waals surface area contributed by atoms with Crippen molar-refractivity contribution in [3.8, 4) is 11.5 Å². The Bertz CT molecular complexity index is 802. The van der Waals surface area contributed by atoms with E-state index in [-0.39, 0.29) is 23.4 Å². The fourth-order valence-corrected chi connectivity index (χ4v) is 5.61. The minimum absolute atomic E-state index is 0.235. The van der Waals surface area contributed by atoms with Gasteiger partial charge in [-0.3, -0.25) is 9.59 Å². The van der Waals surface area contributed by atoms with E-state index >= 15 is 0 Å². The first-order valence-corrected chi connectivity index (χ1v) is 18.4. The predicted molar refractivity (Wildman–Crippen MR) is 182 cm³/mol. The minimum atomic E-state index is -0.303. The third kappa shape index (κ3) is 24.2. The van der Waals surface area contributed by atoms with Crippen LogP contribution in [0.3, 0.4) is 0 Å². The summed E-state index contributed by atoms with van der Waals surface area (Å²) in [5.41, 5.74) is 0.472. The Morgan fingerprint density at radius 2 is 0.767 bits per heavy atom. The molecule has 1 rings (SSSR count). The van der Waals surface area contributed by atoms with Gasteiger partial charge in [0.1, 0.15) is 0 Å². The zero-order valence-electron chi connectivity index (χ0n) is 28.2. The van der Waals surface area contributed by atoms with E-state index in [4.69, 9.17) is 16.4 Å². The molecule has 1 aromatic carbocycles. The third-order valence-corrected chi connectivity index (χ3v) is 8.38. The smallest absolute Gasteiger partial charge is 0.311 e. The van der Waals surface area contributed by atoms with Crippen LogP contribution in [0.15, 0.2) is 18.2 Å². The van der Waals surface area contributed by atoms with Gasteiger partial charge < -0.3 is 9.47 Å². The fraction of sp³-hybridized carbons (Fsp3) is 0.769. The summed E-state index contributed by atoms with van der Waals surface area (Å²) in [7, 11) is 0. The molecule has 0 fully saturated rings. The fourth-order valence-electron chi connectivity index (χ4n) is 5.61. The maximum absolute atomic E-state index is 12.5. The van der Waals surface area contributed by atoms with Gasteiger partial charge >= 0.3 is 11.9 Å². The van der Waals surface area contributed by atoms with E-state index in [9.17, 15) is 9.59 Å². The molecule has 0 spiro atoms. The van der Waals surface area contributed by atoms with E-state index in [1.165, 1.54) is 128 Å². The van der Waals surface area contributed by atoms with Crippen LogP contribution in [-0.2, 0) is 9.59 Å². The molecule has 0 aliphatic rings. The Morgan fingerprint density at radius 1 is 0.465 bits per heavy atom. The van der Waals surface area contributed by atoms with Gasteiger partial charge in [0, 0.05) is 12.8 Å². The van der Waals surface area contributed by atoms with Crippen molar-refractivity contribution in [3.63, 3.8) is 0 Å². The molecule has 0 N–H and O–H groups in total. The zero-order valence-corrected chi connectivity index (χ0v) is 28.2. The monoisotopic (exact) mass is 598 g/mol. The number of benzene rings is 1. The highest BCUT2D eigenvalue weighted by Crippen LogP contribution is 2.29. The molecule has 246 valence electrons. The highest BCUT2D eigenvalue weighted by molar-refractivity contribution is 5.76. The highest BCUT2D eigenvalue weighted by atomic mass is 16.6. The van der Waals surface area contributed by atoms with Crippen molar-refractivity contribution in [1.29, 1.82) is 0 Å². The standard InChI is InChI=1S/C39H66O4/c1-4-6-8-10-12-14-16-18-20-22-24-26-28-30-38(40)42-36-33-32-35(3)34-37(36)43-39(41)31-29-27-25-23-21-19-17-15-13-11-9-7-5-2/h3,32-34H,4-31H2,1-2H3. The maximum Gasteiger partial charge on any atom is 0.311 e. The van der Waals surface area contributed by atoms with Gasteiger partial charge in [0.2, 0.25) is 0 Å². The maximum atomic E-state index is 12.5. The van der Waals surface area contributed by atoms with E-state index in [0.29, 0.717) is 18.4 Å². The van der Waals surface area contributed by atoms with Crippen LogP contribution < -0.4 is 9.47 Å². The van der Waals surface area contributed by atoms with Gasteiger partial charge in [-0.1, -0.05) is 174 Å². The third-order valence-electron chi connectivity index (χ3n) is 8.38. The molecule has 0 aliphatic heterocycles. The van der Waals surface area contributed by atoms with Crippen LogP contribution in [0, 0.1) is 6.92 Å². The number of ether oxygens (including phenoxy) is 2. The van der Waals surface area contributed by atoms with Crippen molar-refractivity contribution in [2.45, 2.75) is 194 Å². The molecular weight excluding hydrogens is 532 g/mol. The highest BCUT2D eigenvalue weighted by Gasteiger charge is 2.14. The van der Waals surface area contributed by atoms with Crippen molar-refractivity contribution in [2.75, 3.05) is 0 Å². The van der Waals surface area contributed by atoms with Crippen LogP contribution in [0.4, 0.5) is 0 Å². The molecule has 0 saturated carbocycles. The molecule has 4 heteroatoms. The Kier molecular flexibility index (Phi) is 26.3. The molecule has 0 amide bonds. The molecule has 0 aliphatic carbocycles. The molecule has 0 bridgehead atoms. The lowest BCUT2D eigenvalue weighted by atomic mass is 10.0. The number of esters is 2. The average molecular weight is 599 g/mol. The van der Waals surface area contributed by atoms with E-state index in [0.717, 1.165) is 38.5 Å². The number of carbonyl (C=O) groups excluding carboxylic acids is 2. The summed E-state index contributed by atoms with van der Waals surface area (Å²) in [6.07, 6.45) is 33.6. The first-order valence-electron chi connectivity index (χ1n) is 18.4. The van der Waals surface area contributed by atoms with E-state index < -0.39 is 0 Å². The van der Waals surface area contributed by atoms with Crippen LogP contribution in [-0.4, -0.2) is 11.9 Å². The second-order valence-electron chi connectivity index (χ2n) is 12.6. The summed E-state index contributed by atoms with van der Waals surface area (Å²) >= 11 is 0. The normalized spacial score (nSPS) is 11.1. The van der Waals surface area contributed by atoms with E-state index in [1.54, 1.807) is 18.2 Å². The first-order chi connectivity index (χ1) is 21.1. The van der Waals surface area contributed by atoms with Crippen molar-refractivity contribution in [2.24, 2.45) is 0 Å². The Labute approximate surface area is 266 Å². The summed E-state index contributed by atoms with van der Waals surface area (Å²) in [5, 5.41) is 0. The molecule has 1 aromatic rings. The molecule has 43 heavy (non-hydrogen) atoms. The average Bonchev–Trinajstić information content (AvgIpc) is 2.99. The summed E-state index contributed by atoms with van der Waals surface area (Å²) in [5.74, 6) is -0.0879. The molecular formula is C39H66O4. The largest absolute Gasteiger partial charge is 0.423 e. The molecule has 0 heterocycles. The van der Waals surface area contributed by atoms with Crippen LogP contribution in [0.1, 0.15) is 199 Å². The zero-order chi connectivity index (χ0) is 31.2. The Morgan fingerprint density at radius 3 is 1.12 bits per heavy atom. The lowest BCUT2D eigenvalue weighted by molar-refractivity contribution is -0.137. The SMILES string of the molecule is [CH]c1ccc(OC(=O)CCCCCCCCCCCCCCC)c(OC(=O)CCCCCCCCCCCCCCC)c1. The minimum Gasteiger partial charge on any atom is -0.423 e. The molecule has 2 radical (unpaired) electrons. The van der Waals surface area contributed by atoms with Crippen LogP contribution in [0.2, 0.25) is 0 Å². The summed E-state index contributed by atoms with van der Waals surface area (Å²) in [6, 6.07) is 4.85. The molecule has 0 aromatic heterocycles. The summed E-state index contributed by atoms with van der Waals surface area (Å²) in [4.78, 5) is 24.9. The van der Waals surface area contributed by atoms with Gasteiger partial charge in [-0.05, 0) is 37.5 Å². The van der Waals surface area contributed by atoms with Crippen molar-refractivity contribution in [3.05, 3.63) is 30.7 Å². The second kappa shape index (κ2) is 28.9. The quantitative estimate of drug-likeness (QED) is 0.0502. The van der Waals surface area contributed by atoms with Gasteiger partial charge in [-0.15, -0.1) is 0 Å². The number of carbonyl (C=O) groups is 2. The number of hydrogen-bond donors (Lipinski definition) is 0. The van der Waals surface area contributed by atoms with Crippen molar-refractivity contribution >= 4 is 11.9 Å². The molecule has 0 atom stereocenters. The van der Waals surface area contributed by atoms with Gasteiger partial charge in [-0.25, -0.2) is 0 Å². The van der Waals surface area contributed by atoms with Crippen LogP contribution in [0.25, 0.3) is 0 Å². The Hall–Kier alpha value is -1.84. The Balaban J connectivity index is 2.12. The van der Waals surface area contributed by atoms with Gasteiger partial charge in [0.25, 0.3) is 0 Å². The number of hydrogen-bond acceptors (Lipinski definition) is 4.